The zero-order valence-electron chi connectivity index (χ0n) is 25.8. The standard InChI is InChI=1S/C29H29ClF3N9O4.CH2O2/c1-40-21(18-13-42(8-7-34)39-24(18)29(31,32)33)10-35-25(40)27(45)36-14-5-6-15(19(30)9-14)26(44)38-23-16-11-41(12-17(16)23)28(46)37-20-3-2-4-22(20)43;2-1-3/h5-6,9-10,13,16-17,20,22-23,43H,2-4,8,11-12H2,1H3,(H,36,45)(H,37,46)(H,38,44);1H,(H,2,3)/t16-,17+,20-,22-,23?;/m1./s1. The summed E-state index contributed by atoms with van der Waals surface area (Å²) in [6, 6.07) is 5.49. The molecule has 5 N–H and O–H groups in total. The molecule has 3 aromatic rings. The van der Waals surface area contributed by atoms with Crippen molar-refractivity contribution < 1.29 is 42.6 Å². The van der Waals surface area contributed by atoms with Gasteiger partial charge in [-0.15, -0.1) is 0 Å². The summed E-state index contributed by atoms with van der Waals surface area (Å²) < 4.78 is 42.9. The first-order chi connectivity index (χ1) is 23.3. The number of amides is 4. The van der Waals surface area contributed by atoms with Crippen LogP contribution >= 0.6 is 11.6 Å². The molecule has 1 aliphatic heterocycles. The number of nitriles is 1. The van der Waals surface area contributed by atoms with Crippen molar-refractivity contribution >= 4 is 41.6 Å². The molecule has 0 radical (unpaired) electrons. The van der Waals surface area contributed by atoms with E-state index in [0.717, 1.165) is 29.9 Å². The number of carbonyl (C=O) groups excluding carboxylic acids is 3. The lowest BCUT2D eigenvalue weighted by Crippen LogP contribution is -2.48. The molecule has 3 heterocycles. The fourth-order valence-electron chi connectivity index (χ4n) is 6.30. The molecule has 1 aromatic carbocycles. The largest absolute Gasteiger partial charge is 0.483 e. The van der Waals surface area contributed by atoms with Crippen molar-refractivity contribution in [1.82, 2.24) is 34.9 Å². The zero-order chi connectivity index (χ0) is 35.6. The number of piperidine rings is 1. The Morgan fingerprint density at radius 2 is 1.86 bits per heavy atom. The van der Waals surface area contributed by atoms with Gasteiger partial charge in [0, 0.05) is 49.9 Å². The van der Waals surface area contributed by atoms with E-state index >= 15 is 0 Å². The van der Waals surface area contributed by atoms with Crippen LogP contribution in [-0.2, 0) is 24.6 Å². The summed E-state index contributed by atoms with van der Waals surface area (Å²) in [5.41, 5.74) is -1.17. The highest BCUT2D eigenvalue weighted by atomic mass is 35.5. The number of rotatable bonds is 7. The van der Waals surface area contributed by atoms with E-state index in [1.807, 2.05) is 0 Å². The predicted octanol–water partition coefficient (Wildman–Crippen LogP) is 2.72. The summed E-state index contributed by atoms with van der Waals surface area (Å²) in [5.74, 6) is -1.09. The smallest absolute Gasteiger partial charge is 0.435 e. The molecular formula is C30H31ClF3N9O6. The van der Waals surface area contributed by atoms with Crippen molar-refractivity contribution in [2.24, 2.45) is 18.9 Å². The minimum atomic E-state index is -4.80. The number of aliphatic hydroxyl groups is 1. The van der Waals surface area contributed by atoms with Gasteiger partial charge in [-0.25, -0.2) is 9.78 Å². The van der Waals surface area contributed by atoms with E-state index in [-0.39, 0.29) is 69.8 Å². The average molecular weight is 706 g/mol. The molecule has 15 nitrogen and oxygen atoms in total. The number of benzene rings is 1. The Kier molecular flexibility index (Phi) is 10.1. The van der Waals surface area contributed by atoms with Crippen LogP contribution in [0.2, 0.25) is 5.02 Å². The number of likely N-dealkylation sites (tertiary alicyclic amines) is 1. The molecule has 2 aliphatic carbocycles. The number of hydrogen-bond donors (Lipinski definition) is 5. The lowest BCUT2D eigenvalue weighted by atomic mass is 10.2. The van der Waals surface area contributed by atoms with Crippen molar-refractivity contribution in [1.29, 1.82) is 5.26 Å². The molecule has 1 saturated heterocycles. The summed E-state index contributed by atoms with van der Waals surface area (Å²) in [5, 5.41) is 37.7. The summed E-state index contributed by atoms with van der Waals surface area (Å²) >= 11 is 6.39. The molecule has 0 spiro atoms. The Morgan fingerprint density at radius 3 is 2.45 bits per heavy atom. The number of carbonyl (C=O) groups is 4. The van der Waals surface area contributed by atoms with Gasteiger partial charge in [-0.3, -0.25) is 19.1 Å². The molecule has 3 fully saturated rings. The van der Waals surface area contributed by atoms with E-state index in [1.165, 1.54) is 29.8 Å². The van der Waals surface area contributed by atoms with Crippen LogP contribution < -0.4 is 16.0 Å². The summed E-state index contributed by atoms with van der Waals surface area (Å²) in [6.45, 7) is 0.351. The van der Waals surface area contributed by atoms with Crippen molar-refractivity contribution in [3.05, 3.63) is 52.7 Å². The molecule has 4 amide bonds. The third-order valence-electron chi connectivity index (χ3n) is 8.77. The second-order valence-corrected chi connectivity index (χ2v) is 12.2. The van der Waals surface area contributed by atoms with E-state index < -0.39 is 36.3 Å². The minimum Gasteiger partial charge on any atom is -0.483 e. The Labute approximate surface area is 281 Å². The first-order valence-corrected chi connectivity index (χ1v) is 15.4. The monoisotopic (exact) mass is 705 g/mol. The van der Waals surface area contributed by atoms with E-state index in [4.69, 9.17) is 26.8 Å². The third-order valence-corrected chi connectivity index (χ3v) is 9.08. The number of fused-ring (bicyclic) bond motifs is 1. The first kappa shape index (κ1) is 35.2. The molecule has 260 valence electrons. The number of aromatic nitrogens is 4. The van der Waals surface area contributed by atoms with E-state index in [9.17, 15) is 32.7 Å². The quantitative estimate of drug-likeness (QED) is 0.229. The van der Waals surface area contributed by atoms with E-state index in [0.29, 0.717) is 19.5 Å². The molecule has 2 saturated carbocycles. The fraction of sp³-hybridized carbons (Fsp3) is 0.433. The van der Waals surface area contributed by atoms with Gasteiger partial charge in [-0.05, 0) is 37.5 Å². The highest BCUT2D eigenvalue weighted by Crippen LogP contribution is 2.46. The normalized spacial score (nSPS) is 22.3. The number of urea groups is 1. The molecule has 1 unspecified atom stereocenters. The molecule has 2 aromatic heterocycles. The number of alkyl halides is 3. The van der Waals surface area contributed by atoms with Gasteiger partial charge >= 0.3 is 12.2 Å². The molecule has 6 rings (SSSR count). The SMILES string of the molecule is Cn1c(-c2cn(CC#N)nc2C(F)(F)F)cnc1C(=O)Nc1ccc(C(=O)NC2[C@H]3CN(C(=O)N[C@@H]4CCC[C@H]4O)C[C@@H]23)c(Cl)c1.O=CO. The number of anilines is 1. The average Bonchev–Trinajstić information content (AvgIpc) is 3.59. The summed E-state index contributed by atoms with van der Waals surface area (Å²) in [7, 11) is 1.37. The van der Waals surface area contributed by atoms with Crippen LogP contribution in [0.25, 0.3) is 11.3 Å². The van der Waals surface area contributed by atoms with Gasteiger partial charge in [0.05, 0.1) is 46.3 Å². The van der Waals surface area contributed by atoms with Crippen LogP contribution in [0.15, 0.2) is 30.6 Å². The van der Waals surface area contributed by atoms with Gasteiger partial charge in [0.2, 0.25) is 0 Å². The van der Waals surface area contributed by atoms with Crippen molar-refractivity contribution in [3.8, 4) is 17.3 Å². The van der Waals surface area contributed by atoms with Gasteiger partial charge in [-0.2, -0.15) is 23.5 Å². The molecule has 49 heavy (non-hydrogen) atoms. The first-order valence-electron chi connectivity index (χ1n) is 15.0. The minimum absolute atomic E-state index is 0.0343. The molecule has 5 atom stereocenters. The van der Waals surface area contributed by atoms with Gasteiger partial charge in [-0.1, -0.05) is 11.6 Å². The highest BCUT2D eigenvalue weighted by molar-refractivity contribution is 6.34. The van der Waals surface area contributed by atoms with Crippen LogP contribution in [0, 0.1) is 23.2 Å². The van der Waals surface area contributed by atoms with Crippen molar-refractivity contribution in [2.75, 3.05) is 18.4 Å². The Hall–Kier alpha value is -5.15. The molecular weight excluding hydrogens is 675 g/mol. The Morgan fingerprint density at radius 1 is 1.16 bits per heavy atom. The number of carboxylic acid groups (broad SMARTS) is 1. The number of halogens is 4. The topological polar surface area (TPSA) is 207 Å². The Balaban J connectivity index is 0.00000151. The maximum absolute atomic E-state index is 13.6. The van der Waals surface area contributed by atoms with Gasteiger partial charge < -0.3 is 35.6 Å². The number of nitrogens with zero attached hydrogens (tertiary/aromatic N) is 6. The second kappa shape index (κ2) is 14.1. The zero-order valence-corrected chi connectivity index (χ0v) is 26.6. The number of imidazole rings is 1. The highest BCUT2D eigenvalue weighted by Gasteiger charge is 2.57. The van der Waals surface area contributed by atoms with Crippen LogP contribution in [0.4, 0.5) is 23.7 Å². The third kappa shape index (κ3) is 7.47. The summed E-state index contributed by atoms with van der Waals surface area (Å²) in [6.07, 6.45) is -0.836. The molecule has 0 bridgehead atoms. The lowest BCUT2D eigenvalue weighted by molar-refractivity contribution is -0.141. The number of hydrogen-bond acceptors (Lipinski definition) is 8. The molecule has 19 heteroatoms. The molecule has 3 aliphatic rings. The van der Waals surface area contributed by atoms with Crippen LogP contribution in [0.1, 0.15) is 45.9 Å². The summed E-state index contributed by atoms with van der Waals surface area (Å²) in [4.78, 5) is 52.6. The van der Waals surface area contributed by atoms with Crippen molar-refractivity contribution in [3.63, 3.8) is 0 Å². The maximum Gasteiger partial charge on any atom is 0.435 e. The number of aliphatic hydroxyl groups excluding tert-OH is 1. The lowest BCUT2D eigenvalue weighted by Gasteiger charge is -2.24. The van der Waals surface area contributed by atoms with E-state index in [1.54, 1.807) is 11.0 Å². The van der Waals surface area contributed by atoms with E-state index in [2.05, 4.69) is 26.0 Å². The predicted molar refractivity (Wildman–Crippen MR) is 165 cm³/mol. The second-order valence-electron chi connectivity index (χ2n) is 11.8. The van der Waals surface area contributed by atoms with Crippen LogP contribution in [0.3, 0.4) is 0 Å². The van der Waals surface area contributed by atoms with Crippen LogP contribution in [-0.4, -0.2) is 90.0 Å². The van der Waals surface area contributed by atoms with Gasteiger partial charge in [0.1, 0.15) is 6.54 Å². The number of nitrogens with one attached hydrogen (secondary N) is 3. The fourth-order valence-corrected chi connectivity index (χ4v) is 6.57. The Bertz CT molecular complexity index is 1790. The van der Waals surface area contributed by atoms with Gasteiger partial charge in [0.25, 0.3) is 18.3 Å². The maximum atomic E-state index is 13.6. The van der Waals surface area contributed by atoms with Crippen LogP contribution in [0.5, 0.6) is 0 Å². The van der Waals surface area contributed by atoms with Gasteiger partial charge in [0.15, 0.2) is 11.5 Å². The van der Waals surface area contributed by atoms with Crippen molar-refractivity contribution in [2.45, 2.75) is 50.2 Å².